The van der Waals surface area contributed by atoms with E-state index in [2.05, 4.69) is 4.90 Å². The van der Waals surface area contributed by atoms with E-state index >= 15 is 0 Å². The summed E-state index contributed by atoms with van der Waals surface area (Å²) in [5.41, 5.74) is 0. The summed E-state index contributed by atoms with van der Waals surface area (Å²) in [6.45, 7) is 0. The standard InChI is InChI=1S/C17H28N2O2/c1-18-16(20)12-15(17(18)21)19(13-8-4-2-5-9-13)14-10-6-3-7-11-14/h13-15H,2-12H2,1H3. The van der Waals surface area contributed by atoms with Crippen LogP contribution in [0.2, 0.25) is 0 Å². The molecule has 0 aromatic rings. The first-order chi connectivity index (χ1) is 10.2. The maximum atomic E-state index is 12.5. The number of likely N-dealkylation sites (tertiary alicyclic amines) is 1. The van der Waals surface area contributed by atoms with Crippen LogP contribution in [0.15, 0.2) is 0 Å². The third-order valence-electron chi connectivity index (χ3n) is 5.71. The lowest BCUT2D eigenvalue weighted by molar-refractivity contribution is -0.139. The van der Waals surface area contributed by atoms with Crippen molar-refractivity contribution in [1.29, 1.82) is 0 Å². The van der Waals surface area contributed by atoms with Gasteiger partial charge in [-0.1, -0.05) is 38.5 Å². The van der Waals surface area contributed by atoms with Gasteiger partial charge in [-0.05, 0) is 25.7 Å². The molecule has 0 radical (unpaired) electrons. The second kappa shape index (κ2) is 6.47. The third kappa shape index (κ3) is 3.01. The van der Waals surface area contributed by atoms with E-state index in [1.807, 2.05) is 0 Å². The maximum absolute atomic E-state index is 12.5. The predicted octanol–water partition coefficient (Wildman–Crippen LogP) is 2.71. The van der Waals surface area contributed by atoms with Gasteiger partial charge in [-0.3, -0.25) is 19.4 Å². The lowest BCUT2D eigenvalue weighted by Crippen LogP contribution is -2.53. The van der Waals surface area contributed by atoms with Crippen molar-refractivity contribution in [3.8, 4) is 0 Å². The van der Waals surface area contributed by atoms with Crippen LogP contribution in [0.3, 0.4) is 0 Å². The Morgan fingerprint density at radius 1 is 0.857 bits per heavy atom. The zero-order chi connectivity index (χ0) is 14.8. The topological polar surface area (TPSA) is 40.6 Å². The Balaban J connectivity index is 1.80. The molecular formula is C17H28N2O2. The van der Waals surface area contributed by atoms with Crippen LogP contribution in [0.4, 0.5) is 0 Å². The van der Waals surface area contributed by atoms with Gasteiger partial charge in [-0.25, -0.2) is 0 Å². The number of rotatable bonds is 3. The first kappa shape index (κ1) is 15.0. The highest BCUT2D eigenvalue weighted by Crippen LogP contribution is 2.34. The van der Waals surface area contributed by atoms with Gasteiger partial charge in [-0.15, -0.1) is 0 Å². The molecule has 4 nitrogen and oxygen atoms in total. The number of nitrogens with zero attached hydrogens (tertiary/aromatic N) is 2. The van der Waals surface area contributed by atoms with Crippen molar-refractivity contribution in [2.75, 3.05) is 7.05 Å². The Bertz CT molecular complexity index is 380. The fourth-order valence-corrected chi connectivity index (χ4v) is 4.53. The van der Waals surface area contributed by atoms with Crippen LogP contribution in [0.5, 0.6) is 0 Å². The quantitative estimate of drug-likeness (QED) is 0.751. The van der Waals surface area contributed by atoms with Crippen LogP contribution in [0.1, 0.15) is 70.6 Å². The number of likely N-dealkylation sites (N-methyl/N-ethyl adjacent to an activating group) is 1. The fourth-order valence-electron chi connectivity index (χ4n) is 4.53. The Morgan fingerprint density at radius 3 is 1.71 bits per heavy atom. The molecule has 118 valence electrons. The zero-order valence-corrected chi connectivity index (χ0v) is 13.2. The SMILES string of the molecule is CN1C(=O)CC(N(C2CCCCC2)C2CCCCC2)C1=O. The number of hydrogen-bond acceptors (Lipinski definition) is 3. The average molecular weight is 292 g/mol. The molecule has 1 unspecified atom stereocenters. The van der Waals surface area contributed by atoms with Gasteiger partial charge >= 0.3 is 0 Å². The summed E-state index contributed by atoms with van der Waals surface area (Å²) < 4.78 is 0. The van der Waals surface area contributed by atoms with E-state index in [9.17, 15) is 9.59 Å². The lowest BCUT2D eigenvalue weighted by atomic mass is 9.87. The van der Waals surface area contributed by atoms with E-state index in [0.29, 0.717) is 18.5 Å². The minimum atomic E-state index is -0.173. The Kier molecular flexibility index (Phi) is 4.63. The summed E-state index contributed by atoms with van der Waals surface area (Å²) in [6.07, 6.45) is 13.0. The van der Waals surface area contributed by atoms with Crippen molar-refractivity contribution in [2.24, 2.45) is 0 Å². The Morgan fingerprint density at radius 2 is 1.33 bits per heavy atom. The number of carbonyl (C=O) groups is 2. The molecule has 3 fully saturated rings. The van der Waals surface area contributed by atoms with Crippen molar-refractivity contribution in [1.82, 2.24) is 9.80 Å². The van der Waals surface area contributed by atoms with Gasteiger partial charge in [0, 0.05) is 19.1 Å². The third-order valence-corrected chi connectivity index (χ3v) is 5.71. The molecule has 3 rings (SSSR count). The van der Waals surface area contributed by atoms with Crippen LogP contribution < -0.4 is 0 Å². The summed E-state index contributed by atoms with van der Waals surface area (Å²) in [5.74, 6) is 0.0396. The highest BCUT2D eigenvalue weighted by Gasteiger charge is 2.44. The second-order valence-corrected chi connectivity index (χ2v) is 7.04. The van der Waals surface area contributed by atoms with Crippen molar-refractivity contribution in [3.05, 3.63) is 0 Å². The molecule has 2 saturated carbocycles. The monoisotopic (exact) mass is 292 g/mol. The van der Waals surface area contributed by atoms with Gasteiger partial charge in [0.05, 0.1) is 12.5 Å². The van der Waals surface area contributed by atoms with Crippen molar-refractivity contribution >= 4 is 11.8 Å². The molecule has 2 aliphatic carbocycles. The minimum absolute atomic E-state index is 0.00150. The van der Waals surface area contributed by atoms with Gasteiger partial charge in [0.25, 0.3) is 0 Å². The number of imide groups is 1. The van der Waals surface area contributed by atoms with E-state index in [1.165, 1.54) is 69.1 Å². The van der Waals surface area contributed by atoms with Crippen molar-refractivity contribution in [2.45, 2.75) is 88.8 Å². The molecule has 0 aromatic heterocycles. The first-order valence-electron chi connectivity index (χ1n) is 8.76. The van der Waals surface area contributed by atoms with Gasteiger partial charge < -0.3 is 0 Å². The van der Waals surface area contributed by atoms with Gasteiger partial charge in [0.15, 0.2) is 0 Å². The molecule has 3 aliphatic rings. The summed E-state index contributed by atoms with van der Waals surface area (Å²) >= 11 is 0. The number of carbonyl (C=O) groups excluding carboxylic acids is 2. The van der Waals surface area contributed by atoms with Crippen LogP contribution in [0, 0.1) is 0 Å². The van der Waals surface area contributed by atoms with Crippen LogP contribution in [0.25, 0.3) is 0 Å². The molecule has 0 N–H and O–H groups in total. The van der Waals surface area contributed by atoms with E-state index < -0.39 is 0 Å². The smallest absolute Gasteiger partial charge is 0.246 e. The molecular weight excluding hydrogens is 264 g/mol. The Labute approximate surface area is 127 Å². The molecule has 1 saturated heterocycles. The largest absolute Gasteiger partial charge is 0.286 e. The number of hydrogen-bond donors (Lipinski definition) is 0. The van der Waals surface area contributed by atoms with Crippen molar-refractivity contribution in [3.63, 3.8) is 0 Å². The molecule has 1 heterocycles. The zero-order valence-electron chi connectivity index (χ0n) is 13.2. The molecule has 2 amide bonds. The lowest BCUT2D eigenvalue weighted by Gasteiger charge is -2.44. The number of amides is 2. The van der Waals surface area contributed by atoms with Crippen LogP contribution in [-0.2, 0) is 9.59 Å². The summed E-state index contributed by atoms with van der Waals surface area (Å²) in [7, 11) is 1.64. The van der Waals surface area contributed by atoms with E-state index in [4.69, 9.17) is 0 Å². The molecule has 21 heavy (non-hydrogen) atoms. The summed E-state index contributed by atoms with van der Waals surface area (Å²) in [5, 5.41) is 0. The van der Waals surface area contributed by atoms with Crippen LogP contribution >= 0.6 is 0 Å². The fraction of sp³-hybridized carbons (Fsp3) is 0.882. The maximum Gasteiger partial charge on any atom is 0.246 e. The minimum Gasteiger partial charge on any atom is -0.286 e. The summed E-state index contributed by atoms with van der Waals surface area (Å²) in [4.78, 5) is 28.3. The van der Waals surface area contributed by atoms with E-state index in [-0.39, 0.29) is 17.9 Å². The molecule has 1 aliphatic heterocycles. The molecule has 0 aromatic carbocycles. The molecule has 0 spiro atoms. The van der Waals surface area contributed by atoms with Crippen molar-refractivity contribution < 1.29 is 9.59 Å². The van der Waals surface area contributed by atoms with Gasteiger partial charge in [0.2, 0.25) is 11.8 Å². The van der Waals surface area contributed by atoms with E-state index in [0.717, 1.165) is 0 Å². The molecule has 4 heteroatoms. The summed E-state index contributed by atoms with van der Waals surface area (Å²) in [6, 6.07) is 0.874. The predicted molar refractivity (Wildman–Crippen MR) is 81.8 cm³/mol. The molecule has 1 atom stereocenters. The van der Waals surface area contributed by atoms with E-state index in [1.54, 1.807) is 7.05 Å². The Hall–Kier alpha value is -0.900. The molecule has 0 bridgehead atoms. The van der Waals surface area contributed by atoms with Gasteiger partial charge in [-0.2, -0.15) is 0 Å². The first-order valence-corrected chi connectivity index (χ1v) is 8.76. The highest BCUT2D eigenvalue weighted by molar-refractivity contribution is 6.05. The van der Waals surface area contributed by atoms with Crippen LogP contribution in [-0.4, -0.2) is 46.8 Å². The average Bonchev–Trinajstić information content (AvgIpc) is 2.78. The highest BCUT2D eigenvalue weighted by atomic mass is 16.2. The normalized spacial score (nSPS) is 29.6. The second-order valence-electron chi connectivity index (χ2n) is 7.04. The van der Waals surface area contributed by atoms with Gasteiger partial charge in [0.1, 0.15) is 0 Å².